The number of amides is 2. The molecule has 1 aliphatic rings. The number of nitrogens with one attached hydrogen (secondary N) is 1. The highest BCUT2D eigenvalue weighted by Gasteiger charge is 2.36. The molecule has 2 amide bonds. The van der Waals surface area contributed by atoms with E-state index < -0.39 is 6.04 Å². The highest BCUT2D eigenvalue weighted by Crippen LogP contribution is 2.17. The third-order valence-electron chi connectivity index (χ3n) is 2.79. The molecule has 1 aliphatic heterocycles. The monoisotopic (exact) mass is 237 g/mol. The molecule has 0 bridgehead atoms. The van der Waals surface area contributed by atoms with Crippen molar-refractivity contribution >= 4 is 11.8 Å². The summed E-state index contributed by atoms with van der Waals surface area (Å²) in [7, 11) is 0. The van der Waals surface area contributed by atoms with Crippen LogP contribution in [0.5, 0.6) is 0 Å². The van der Waals surface area contributed by atoms with E-state index in [1.165, 1.54) is 6.20 Å². The van der Waals surface area contributed by atoms with Crippen molar-refractivity contribution in [2.45, 2.75) is 26.4 Å². The maximum atomic E-state index is 11.8. The van der Waals surface area contributed by atoms with E-state index in [0.717, 1.165) is 0 Å². The van der Waals surface area contributed by atoms with Gasteiger partial charge in [0, 0.05) is 6.07 Å². The number of rotatable bonds is 3. The quantitative estimate of drug-likeness (QED) is 0.812. The molecule has 1 unspecified atom stereocenters. The number of hydrogen-bond acceptors (Lipinski definition) is 4. The van der Waals surface area contributed by atoms with Gasteiger partial charge in [0.2, 0.25) is 11.8 Å². The van der Waals surface area contributed by atoms with Crippen molar-refractivity contribution in [3.8, 4) is 0 Å². The molecule has 17 heavy (non-hydrogen) atoms. The highest BCUT2D eigenvalue weighted by atomic mass is 16.5. The van der Waals surface area contributed by atoms with E-state index in [2.05, 4.69) is 10.5 Å². The zero-order chi connectivity index (χ0) is 12.4. The summed E-state index contributed by atoms with van der Waals surface area (Å²) in [4.78, 5) is 25.1. The summed E-state index contributed by atoms with van der Waals surface area (Å²) in [5.41, 5.74) is 0. The largest absolute Gasteiger partial charge is 0.360 e. The minimum absolute atomic E-state index is 0.0518. The number of aromatic nitrogens is 1. The Bertz CT molecular complexity index is 414. The normalized spacial score (nSPS) is 20.9. The van der Waals surface area contributed by atoms with Crippen LogP contribution in [0.2, 0.25) is 0 Å². The predicted molar refractivity (Wildman–Crippen MR) is 58.7 cm³/mol. The van der Waals surface area contributed by atoms with E-state index in [1.54, 1.807) is 11.0 Å². The molecule has 0 aliphatic carbocycles. The van der Waals surface area contributed by atoms with Gasteiger partial charge in [0.1, 0.15) is 6.04 Å². The molecule has 6 nitrogen and oxygen atoms in total. The number of nitrogens with zero attached hydrogens (tertiary/aromatic N) is 2. The van der Waals surface area contributed by atoms with Crippen molar-refractivity contribution in [3.63, 3.8) is 0 Å². The molecule has 2 heterocycles. The van der Waals surface area contributed by atoms with Gasteiger partial charge in [0.25, 0.3) is 0 Å². The molecule has 0 radical (unpaired) electrons. The standard InChI is InChI=1S/C11H15N3O3/c1-7(2)10-11(16)12-5-9(15)14(10)6-8-3-4-13-17-8/h3-4,7,10H,5-6H2,1-2H3,(H,12,16). The zero-order valence-corrected chi connectivity index (χ0v) is 9.84. The van der Waals surface area contributed by atoms with Crippen LogP contribution >= 0.6 is 0 Å². The molecule has 1 fully saturated rings. The lowest BCUT2D eigenvalue weighted by Gasteiger charge is -2.36. The van der Waals surface area contributed by atoms with Gasteiger partial charge in [-0.1, -0.05) is 19.0 Å². The first-order chi connectivity index (χ1) is 8.09. The Morgan fingerprint density at radius 1 is 1.59 bits per heavy atom. The highest BCUT2D eigenvalue weighted by molar-refractivity contribution is 5.94. The molecular weight excluding hydrogens is 222 g/mol. The third-order valence-corrected chi connectivity index (χ3v) is 2.79. The second-order valence-electron chi connectivity index (χ2n) is 4.41. The van der Waals surface area contributed by atoms with Crippen LogP contribution in [0.1, 0.15) is 19.6 Å². The third kappa shape index (κ3) is 2.30. The Morgan fingerprint density at radius 3 is 2.94 bits per heavy atom. The average molecular weight is 237 g/mol. The van der Waals surface area contributed by atoms with Crippen molar-refractivity contribution in [2.75, 3.05) is 6.54 Å². The minimum Gasteiger partial charge on any atom is -0.360 e. The van der Waals surface area contributed by atoms with Gasteiger partial charge in [-0.15, -0.1) is 0 Å². The van der Waals surface area contributed by atoms with E-state index in [4.69, 9.17) is 4.52 Å². The summed E-state index contributed by atoms with van der Waals surface area (Å²) in [5.74, 6) is 0.430. The van der Waals surface area contributed by atoms with Crippen LogP contribution < -0.4 is 5.32 Å². The van der Waals surface area contributed by atoms with Crippen molar-refractivity contribution in [1.29, 1.82) is 0 Å². The lowest BCUT2D eigenvalue weighted by molar-refractivity contribution is -0.148. The van der Waals surface area contributed by atoms with Gasteiger partial charge in [-0.3, -0.25) is 9.59 Å². The van der Waals surface area contributed by atoms with E-state index in [-0.39, 0.29) is 30.8 Å². The topological polar surface area (TPSA) is 75.4 Å². The Kier molecular flexibility index (Phi) is 3.12. The van der Waals surface area contributed by atoms with Crippen LogP contribution in [0.15, 0.2) is 16.8 Å². The summed E-state index contributed by atoms with van der Waals surface area (Å²) >= 11 is 0. The molecule has 0 aromatic carbocycles. The fourth-order valence-corrected chi connectivity index (χ4v) is 2.01. The molecule has 1 aromatic heterocycles. The second-order valence-corrected chi connectivity index (χ2v) is 4.41. The first-order valence-electron chi connectivity index (χ1n) is 5.56. The molecule has 0 spiro atoms. The van der Waals surface area contributed by atoms with Gasteiger partial charge in [0.05, 0.1) is 19.3 Å². The molecule has 0 saturated carbocycles. The van der Waals surface area contributed by atoms with Crippen LogP contribution in [0, 0.1) is 5.92 Å². The average Bonchev–Trinajstić information content (AvgIpc) is 2.76. The summed E-state index contributed by atoms with van der Waals surface area (Å²) in [6.45, 7) is 4.16. The molecule has 1 atom stereocenters. The molecule has 92 valence electrons. The van der Waals surface area contributed by atoms with E-state index in [9.17, 15) is 9.59 Å². The maximum Gasteiger partial charge on any atom is 0.243 e. The smallest absolute Gasteiger partial charge is 0.243 e. The molecule has 1 aromatic rings. The fourth-order valence-electron chi connectivity index (χ4n) is 2.01. The van der Waals surface area contributed by atoms with Crippen molar-refractivity contribution in [1.82, 2.24) is 15.4 Å². The second kappa shape index (κ2) is 4.57. The Balaban J connectivity index is 2.20. The van der Waals surface area contributed by atoms with Crippen molar-refractivity contribution in [2.24, 2.45) is 5.92 Å². The number of piperazine rings is 1. The maximum absolute atomic E-state index is 11.8. The number of carbonyl (C=O) groups is 2. The molecule has 1 N–H and O–H groups in total. The van der Waals surface area contributed by atoms with Crippen LogP contribution in [-0.2, 0) is 16.1 Å². The van der Waals surface area contributed by atoms with Crippen LogP contribution in [0.25, 0.3) is 0 Å². The fraction of sp³-hybridized carbons (Fsp3) is 0.545. The summed E-state index contributed by atoms with van der Waals surface area (Å²) in [6.07, 6.45) is 1.52. The van der Waals surface area contributed by atoms with Gasteiger partial charge >= 0.3 is 0 Å². The molecule has 1 saturated heterocycles. The Hall–Kier alpha value is -1.85. The van der Waals surface area contributed by atoms with Gasteiger partial charge in [-0.05, 0) is 5.92 Å². The van der Waals surface area contributed by atoms with E-state index >= 15 is 0 Å². The van der Waals surface area contributed by atoms with Crippen LogP contribution in [-0.4, -0.2) is 34.5 Å². The Labute approximate surface area is 98.9 Å². The lowest BCUT2D eigenvalue weighted by atomic mass is 9.99. The van der Waals surface area contributed by atoms with E-state index in [1.807, 2.05) is 13.8 Å². The molecular formula is C11H15N3O3. The van der Waals surface area contributed by atoms with Crippen LogP contribution in [0.4, 0.5) is 0 Å². The number of carbonyl (C=O) groups excluding carboxylic acids is 2. The summed E-state index contributed by atoms with van der Waals surface area (Å²) < 4.78 is 4.97. The minimum atomic E-state index is -0.443. The van der Waals surface area contributed by atoms with Gasteiger partial charge in [-0.2, -0.15) is 0 Å². The number of hydrogen-bond donors (Lipinski definition) is 1. The predicted octanol–water partition coefficient (Wildman–Crippen LogP) is 0.158. The first-order valence-corrected chi connectivity index (χ1v) is 5.56. The molecule has 6 heteroatoms. The van der Waals surface area contributed by atoms with Crippen LogP contribution in [0.3, 0.4) is 0 Å². The first kappa shape index (κ1) is 11.6. The Morgan fingerprint density at radius 2 is 2.35 bits per heavy atom. The van der Waals surface area contributed by atoms with Gasteiger partial charge in [-0.25, -0.2) is 0 Å². The van der Waals surface area contributed by atoms with Gasteiger partial charge < -0.3 is 14.7 Å². The van der Waals surface area contributed by atoms with E-state index in [0.29, 0.717) is 5.76 Å². The van der Waals surface area contributed by atoms with Crippen molar-refractivity contribution < 1.29 is 14.1 Å². The SMILES string of the molecule is CC(C)C1C(=O)NCC(=O)N1Cc1ccno1. The lowest BCUT2D eigenvalue weighted by Crippen LogP contribution is -2.59. The summed E-state index contributed by atoms with van der Waals surface area (Å²) in [5, 5.41) is 6.18. The molecule has 2 rings (SSSR count). The summed E-state index contributed by atoms with van der Waals surface area (Å²) in [6, 6.07) is 1.25. The van der Waals surface area contributed by atoms with Crippen molar-refractivity contribution in [3.05, 3.63) is 18.0 Å². The zero-order valence-electron chi connectivity index (χ0n) is 9.84. The van der Waals surface area contributed by atoms with Gasteiger partial charge in [0.15, 0.2) is 5.76 Å².